The molecule has 7 heteroatoms. The van der Waals surface area contributed by atoms with Crippen LogP contribution < -0.4 is 5.32 Å². The maximum atomic E-state index is 12.8. The van der Waals surface area contributed by atoms with Crippen LogP contribution in [0, 0.1) is 5.41 Å². The summed E-state index contributed by atoms with van der Waals surface area (Å²) < 4.78 is 5.44. The average molecular weight is 389 g/mol. The van der Waals surface area contributed by atoms with Crippen molar-refractivity contribution in [2.45, 2.75) is 38.1 Å². The average Bonchev–Trinajstić information content (AvgIpc) is 2.74. The summed E-state index contributed by atoms with van der Waals surface area (Å²) in [6, 6.07) is 4.30. The summed E-state index contributed by atoms with van der Waals surface area (Å²) in [5, 5.41) is 12.9. The van der Waals surface area contributed by atoms with Gasteiger partial charge in [-0.3, -0.25) is 9.69 Å². The molecule has 0 bridgehead atoms. The number of hydrogen-bond acceptors (Lipinski definition) is 6. The molecule has 1 amide bonds. The lowest BCUT2D eigenvalue weighted by Gasteiger charge is -2.40. The zero-order valence-corrected chi connectivity index (χ0v) is 16.6. The van der Waals surface area contributed by atoms with Gasteiger partial charge in [-0.2, -0.15) is 0 Å². The largest absolute Gasteiger partial charge is 0.396 e. The van der Waals surface area contributed by atoms with Crippen molar-refractivity contribution in [3.8, 4) is 0 Å². The normalized spacial score (nSPS) is 23.2. The number of ether oxygens (including phenoxy) is 1. The highest BCUT2D eigenvalue weighted by Gasteiger charge is 2.36. The minimum absolute atomic E-state index is 0.0149. The quantitative estimate of drug-likeness (QED) is 0.771. The third-order valence-electron chi connectivity index (χ3n) is 6.72. The first-order valence-electron chi connectivity index (χ1n) is 10.6. The SMILES string of the molecule is O=C(c1ccc(NCC2(CO)CCC2)nc1)N1CCC(N2CCOCC2)CC1. The monoisotopic (exact) mass is 388 g/mol. The fourth-order valence-electron chi connectivity index (χ4n) is 4.53. The van der Waals surface area contributed by atoms with Crippen molar-refractivity contribution in [2.24, 2.45) is 5.41 Å². The Hall–Kier alpha value is -1.70. The van der Waals surface area contributed by atoms with Crippen LogP contribution in [0.25, 0.3) is 0 Å². The van der Waals surface area contributed by atoms with E-state index < -0.39 is 0 Å². The Balaban J connectivity index is 1.26. The zero-order valence-electron chi connectivity index (χ0n) is 16.6. The molecule has 28 heavy (non-hydrogen) atoms. The second-order valence-corrected chi connectivity index (χ2v) is 8.47. The summed E-state index contributed by atoms with van der Waals surface area (Å²) in [4.78, 5) is 21.7. The molecule has 0 aromatic carbocycles. The smallest absolute Gasteiger partial charge is 0.255 e. The second kappa shape index (κ2) is 8.76. The fraction of sp³-hybridized carbons (Fsp3) is 0.714. The summed E-state index contributed by atoms with van der Waals surface area (Å²) in [5.41, 5.74) is 0.664. The molecule has 3 fully saturated rings. The van der Waals surface area contributed by atoms with Crippen molar-refractivity contribution in [1.29, 1.82) is 0 Å². The van der Waals surface area contributed by atoms with Crippen molar-refractivity contribution >= 4 is 11.7 Å². The molecule has 1 saturated carbocycles. The van der Waals surface area contributed by atoms with E-state index in [1.807, 2.05) is 17.0 Å². The Morgan fingerprint density at radius 3 is 2.54 bits per heavy atom. The minimum atomic E-state index is 0.0149. The lowest BCUT2D eigenvalue weighted by atomic mass is 9.69. The molecular formula is C21H32N4O3. The van der Waals surface area contributed by atoms with Gasteiger partial charge in [-0.1, -0.05) is 6.42 Å². The number of carbonyl (C=O) groups excluding carboxylic acids is 1. The fourth-order valence-corrected chi connectivity index (χ4v) is 4.53. The topological polar surface area (TPSA) is 77.9 Å². The van der Waals surface area contributed by atoms with Crippen LogP contribution in [-0.4, -0.2) is 84.4 Å². The lowest BCUT2D eigenvalue weighted by Crippen LogP contribution is -2.50. The number of rotatable bonds is 6. The van der Waals surface area contributed by atoms with E-state index in [9.17, 15) is 9.90 Å². The molecule has 0 atom stereocenters. The number of aliphatic hydroxyl groups excluding tert-OH is 1. The summed E-state index contributed by atoms with van der Waals surface area (Å²) in [5.74, 6) is 0.840. The lowest BCUT2D eigenvalue weighted by molar-refractivity contribution is 0.00158. The Labute approximate surface area is 167 Å². The van der Waals surface area contributed by atoms with Gasteiger partial charge in [0.25, 0.3) is 5.91 Å². The number of likely N-dealkylation sites (tertiary alicyclic amines) is 1. The maximum Gasteiger partial charge on any atom is 0.255 e. The number of morpholine rings is 1. The number of pyridine rings is 1. The molecule has 1 aliphatic carbocycles. The summed E-state index contributed by atoms with van der Waals surface area (Å²) in [7, 11) is 0. The predicted octanol–water partition coefficient (Wildman–Crippen LogP) is 1.59. The van der Waals surface area contributed by atoms with Gasteiger partial charge in [0.2, 0.25) is 0 Å². The van der Waals surface area contributed by atoms with Crippen LogP contribution in [-0.2, 0) is 4.74 Å². The van der Waals surface area contributed by atoms with Gasteiger partial charge >= 0.3 is 0 Å². The number of amides is 1. The number of hydrogen-bond donors (Lipinski definition) is 2. The van der Waals surface area contributed by atoms with Crippen molar-refractivity contribution in [3.63, 3.8) is 0 Å². The molecule has 4 rings (SSSR count). The van der Waals surface area contributed by atoms with E-state index in [0.717, 1.165) is 77.4 Å². The third-order valence-corrected chi connectivity index (χ3v) is 6.72. The van der Waals surface area contributed by atoms with Crippen molar-refractivity contribution in [1.82, 2.24) is 14.8 Å². The molecule has 3 heterocycles. The van der Waals surface area contributed by atoms with Crippen LogP contribution in [0.5, 0.6) is 0 Å². The number of nitrogens with one attached hydrogen (secondary N) is 1. The van der Waals surface area contributed by atoms with Crippen molar-refractivity contribution in [2.75, 3.05) is 57.9 Å². The van der Waals surface area contributed by atoms with E-state index in [1.165, 1.54) is 6.42 Å². The molecule has 154 valence electrons. The summed E-state index contributed by atoms with van der Waals surface area (Å²) >= 11 is 0. The Morgan fingerprint density at radius 1 is 1.21 bits per heavy atom. The van der Waals surface area contributed by atoms with Crippen LogP contribution in [0.2, 0.25) is 0 Å². The van der Waals surface area contributed by atoms with Crippen LogP contribution in [0.4, 0.5) is 5.82 Å². The molecule has 1 aromatic rings. The van der Waals surface area contributed by atoms with Gasteiger partial charge in [0.05, 0.1) is 25.4 Å². The minimum Gasteiger partial charge on any atom is -0.396 e. The highest BCUT2D eigenvalue weighted by Crippen LogP contribution is 2.40. The Bertz CT molecular complexity index is 643. The second-order valence-electron chi connectivity index (χ2n) is 8.47. The van der Waals surface area contributed by atoms with Crippen molar-refractivity contribution < 1.29 is 14.6 Å². The van der Waals surface area contributed by atoms with Gasteiger partial charge in [0, 0.05) is 50.4 Å². The predicted molar refractivity (Wildman–Crippen MR) is 107 cm³/mol. The van der Waals surface area contributed by atoms with Crippen LogP contribution >= 0.6 is 0 Å². The molecule has 2 saturated heterocycles. The number of aromatic nitrogens is 1. The standard InChI is InChI=1S/C21H32N4O3/c26-16-21(6-1-7-21)15-23-19-3-2-17(14-22-19)20(27)25-8-4-18(5-9-25)24-10-12-28-13-11-24/h2-3,14,18,26H,1,4-13,15-16H2,(H,22,23). The molecule has 0 radical (unpaired) electrons. The van der Waals surface area contributed by atoms with E-state index in [1.54, 1.807) is 6.20 Å². The third kappa shape index (κ3) is 4.31. The van der Waals surface area contributed by atoms with Gasteiger partial charge in [0.15, 0.2) is 0 Å². The highest BCUT2D eigenvalue weighted by molar-refractivity contribution is 5.94. The molecule has 0 spiro atoms. The molecule has 2 N–H and O–H groups in total. The van der Waals surface area contributed by atoms with E-state index in [2.05, 4.69) is 15.2 Å². The molecule has 2 aliphatic heterocycles. The van der Waals surface area contributed by atoms with Crippen LogP contribution in [0.15, 0.2) is 18.3 Å². The van der Waals surface area contributed by atoms with Gasteiger partial charge in [0.1, 0.15) is 5.82 Å². The first-order chi connectivity index (χ1) is 13.7. The first-order valence-corrected chi connectivity index (χ1v) is 10.6. The summed E-state index contributed by atoms with van der Waals surface area (Å²) in [6.07, 6.45) is 7.04. The van der Waals surface area contributed by atoms with Crippen LogP contribution in [0.1, 0.15) is 42.5 Å². The molecule has 0 unspecified atom stereocenters. The number of aliphatic hydroxyl groups is 1. The number of nitrogens with zero attached hydrogens (tertiary/aromatic N) is 3. The van der Waals surface area contributed by atoms with E-state index >= 15 is 0 Å². The van der Waals surface area contributed by atoms with E-state index in [4.69, 9.17) is 4.74 Å². The zero-order chi connectivity index (χ0) is 19.4. The van der Waals surface area contributed by atoms with Gasteiger partial charge in [-0.25, -0.2) is 4.98 Å². The molecule has 3 aliphatic rings. The Kier molecular flexibility index (Phi) is 6.13. The number of piperidine rings is 1. The Morgan fingerprint density at radius 2 is 1.96 bits per heavy atom. The number of anilines is 1. The summed E-state index contributed by atoms with van der Waals surface area (Å²) in [6.45, 7) is 6.23. The van der Waals surface area contributed by atoms with Gasteiger partial charge < -0.3 is 20.1 Å². The van der Waals surface area contributed by atoms with E-state index in [-0.39, 0.29) is 17.9 Å². The molecular weight excluding hydrogens is 356 g/mol. The van der Waals surface area contributed by atoms with Gasteiger partial charge in [-0.05, 0) is 37.8 Å². The maximum absolute atomic E-state index is 12.8. The first kappa shape index (κ1) is 19.6. The highest BCUT2D eigenvalue weighted by atomic mass is 16.5. The van der Waals surface area contributed by atoms with Crippen LogP contribution in [0.3, 0.4) is 0 Å². The molecule has 7 nitrogen and oxygen atoms in total. The molecule has 1 aromatic heterocycles. The van der Waals surface area contributed by atoms with Crippen molar-refractivity contribution in [3.05, 3.63) is 23.9 Å². The van der Waals surface area contributed by atoms with E-state index in [0.29, 0.717) is 11.6 Å². The number of carbonyl (C=O) groups is 1. The van der Waals surface area contributed by atoms with Gasteiger partial charge in [-0.15, -0.1) is 0 Å².